The van der Waals surface area contributed by atoms with Gasteiger partial charge in [0.05, 0.1) is 7.11 Å². The number of hydrogen-bond acceptors (Lipinski definition) is 3. The Morgan fingerprint density at radius 1 is 1.10 bits per heavy atom. The lowest BCUT2D eigenvalue weighted by molar-refractivity contribution is 0.112. The molecule has 0 fully saturated rings. The number of ether oxygens (including phenoxy) is 2. The first-order chi connectivity index (χ1) is 9.65. The minimum absolute atomic E-state index is 0.344. The molecule has 0 saturated carbocycles. The molecule has 3 nitrogen and oxygen atoms in total. The lowest BCUT2D eigenvalue weighted by Crippen LogP contribution is -2.02. The normalized spacial score (nSPS) is 10.2. The van der Waals surface area contributed by atoms with Crippen LogP contribution in [0.3, 0.4) is 0 Å². The highest BCUT2D eigenvalue weighted by molar-refractivity contribution is 5.77. The third-order valence-electron chi connectivity index (χ3n) is 3.26. The highest BCUT2D eigenvalue weighted by atomic mass is 16.5. The number of rotatable bonds is 5. The third-order valence-corrected chi connectivity index (χ3v) is 3.26. The van der Waals surface area contributed by atoms with E-state index in [1.807, 2.05) is 38.1 Å². The summed E-state index contributed by atoms with van der Waals surface area (Å²) in [6, 6.07) is 11.4. The zero-order chi connectivity index (χ0) is 14.5. The van der Waals surface area contributed by atoms with Crippen LogP contribution >= 0.6 is 0 Å². The van der Waals surface area contributed by atoms with Gasteiger partial charge >= 0.3 is 0 Å². The van der Waals surface area contributed by atoms with Gasteiger partial charge in [-0.2, -0.15) is 0 Å². The fourth-order valence-electron chi connectivity index (χ4n) is 2.13. The van der Waals surface area contributed by atoms with E-state index in [1.165, 1.54) is 0 Å². The SMILES string of the molecule is COc1ccc(C=O)c(COc2c(C)cccc2C)c1. The van der Waals surface area contributed by atoms with Crippen molar-refractivity contribution >= 4 is 6.29 Å². The van der Waals surface area contributed by atoms with E-state index in [0.717, 1.165) is 34.5 Å². The summed E-state index contributed by atoms with van der Waals surface area (Å²) in [5.41, 5.74) is 3.61. The molecule has 0 saturated heterocycles. The van der Waals surface area contributed by atoms with Gasteiger partial charge in [-0.15, -0.1) is 0 Å². The number of benzene rings is 2. The molecule has 3 heteroatoms. The minimum Gasteiger partial charge on any atom is -0.497 e. The molecule has 2 rings (SSSR count). The summed E-state index contributed by atoms with van der Waals surface area (Å²) in [6.07, 6.45) is 0.836. The van der Waals surface area contributed by atoms with Crippen molar-refractivity contribution in [3.63, 3.8) is 0 Å². The van der Waals surface area contributed by atoms with Crippen molar-refractivity contribution in [1.82, 2.24) is 0 Å². The van der Waals surface area contributed by atoms with Crippen molar-refractivity contribution < 1.29 is 14.3 Å². The number of para-hydroxylation sites is 1. The van der Waals surface area contributed by atoms with Gasteiger partial charge in [-0.05, 0) is 43.2 Å². The molecule has 0 unspecified atom stereocenters. The van der Waals surface area contributed by atoms with Crippen LogP contribution < -0.4 is 9.47 Å². The van der Waals surface area contributed by atoms with E-state index >= 15 is 0 Å². The maximum absolute atomic E-state index is 11.1. The second-order valence-electron chi connectivity index (χ2n) is 4.69. The van der Waals surface area contributed by atoms with Gasteiger partial charge in [0, 0.05) is 11.1 Å². The molecule has 0 bridgehead atoms. The van der Waals surface area contributed by atoms with Crippen LogP contribution in [0.15, 0.2) is 36.4 Å². The van der Waals surface area contributed by atoms with Crippen molar-refractivity contribution in [3.8, 4) is 11.5 Å². The van der Waals surface area contributed by atoms with Gasteiger partial charge in [0.1, 0.15) is 24.4 Å². The van der Waals surface area contributed by atoms with E-state index in [4.69, 9.17) is 9.47 Å². The molecule has 20 heavy (non-hydrogen) atoms. The minimum atomic E-state index is 0.344. The standard InChI is InChI=1S/C17H18O3/c1-12-5-4-6-13(2)17(12)20-11-15-9-16(19-3)8-7-14(15)10-18/h4-10H,11H2,1-3H3. The molecule has 0 amide bonds. The Bertz CT molecular complexity index is 597. The molecular formula is C17H18O3. The van der Waals surface area contributed by atoms with Crippen LogP contribution in [0.25, 0.3) is 0 Å². The Hall–Kier alpha value is -2.29. The molecule has 0 aliphatic carbocycles. The molecule has 0 spiro atoms. The highest BCUT2D eigenvalue weighted by Gasteiger charge is 2.07. The fourth-order valence-corrected chi connectivity index (χ4v) is 2.13. The van der Waals surface area contributed by atoms with Gasteiger partial charge in [-0.25, -0.2) is 0 Å². The quantitative estimate of drug-likeness (QED) is 0.777. The summed E-state index contributed by atoms with van der Waals surface area (Å²) in [5.74, 6) is 1.59. The van der Waals surface area contributed by atoms with Crippen LogP contribution in [-0.4, -0.2) is 13.4 Å². The Morgan fingerprint density at radius 3 is 2.40 bits per heavy atom. The third kappa shape index (κ3) is 2.99. The van der Waals surface area contributed by atoms with Crippen molar-refractivity contribution in [1.29, 1.82) is 0 Å². The number of carbonyl (C=O) groups excluding carboxylic acids is 1. The molecule has 0 N–H and O–H groups in total. The highest BCUT2D eigenvalue weighted by Crippen LogP contribution is 2.25. The predicted octanol–water partition coefficient (Wildman–Crippen LogP) is 3.70. The van der Waals surface area contributed by atoms with E-state index < -0.39 is 0 Å². The molecule has 0 heterocycles. The monoisotopic (exact) mass is 270 g/mol. The van der Waals surface area contributed by atoms with Gasteiger partial charge in [-0.3, -0.25) is 4.79 Å². The molecule has 0 aromatic heterocycles. The Balaban J connectivity index is 2.24. The maximum Gasteiger partial charge on any atom is 0.150 e. The van der Waals surface area contributed by atoms with Crippen LogP contribution in [-0.2, 0) is 6.61 Å². The zero-order valence-corrected chi connectivity index (χ0v) is 12.0. The van der Waals surface area contributed by atoms with E-state index in [9.17, 15) is 4.79 Å². The van der Waals surface area contributed by atoms with Crippen molar-refractivity contribution in [2.24, 2.45) is 0 Å². The average molecular weight is 270 g/mol. The van der Waals surface area contributed by atoms with Crippen molar-refractivity contribution in [3.05, 3.63) is 58.7 Å². The van der Waals surface area contributed by atoms with E-state index in [1.54, 1.807) is 19.2 Å². The largest absolute Gasteiger partial charge is 0.497 e. The molecule has 2 aromatic rings. The Labute approximate surface area is 119 Å². The lowest BCUT2D eigenvalue weighted by atomic mass is 10.1. The van der Waals surface area contributed by atoms with Gasteiger partial charge in [0.2, 0.25) is 0 Å². The van der Waals surface area contributed by atoms with Crippen LogP contribution in [0.4, 0.5) is 0 Å². The summed E-state index contributed by atoms with van der Waals surface area (Å²) in [7, 11) is 1.60. The van der Waals surface area contributed by atoms with Crippen LogP contribution in [0.1, 0.15) is 27.0 Å². The zero-order valence-electron chi connectivity index (χ0n) is 12.0. The topological polar surface area (TPSA) is 35.5 Å². The molecule has 0 radical (unpaired) electrons. The van der Waals surface area contributed by atoms with E-state index in [-0.39, 0.29) is 0 Å². The van der Waals surface area contributed by atoms with Gasteiger partial charge in [0.25, 0.3) is 0 Å². The Morgan fingerprint density at radius 2 is 1.80 bits per heavy atom. The summed E-state index contributed by atoms with van der Waals surface area (Å²) < 4.78 is 11.1. The van der Waals surface area contributed by atoms with E-state index in [2.05, 4.69) is 0 Å². The average Bonchev–Trinajstić information content (AvgIpc) is 2.46. The molecular weight excluding hydrogens is 252 g/mol. The van der Waals surface area contributed by atoms with Gasteiger partial charge in [-0.1, -0.05) is 18.2 Å². The maximum atomic E-state index is 11.1. The van der Waals surface area contributed by atoms with Crippen LogP contribution in [0.2, 0.25) is 0 Å². The van der Waals surface area contributed by atoms with Gasteiger partial charge in [0.15, 0.2) is 0 Å². The number of aldehydes is 1. The molecule has 2 aromatic carbocycles. The van der Waals surface area contributed by atoms with Crippen LogP contribution in [0, 0.1) is 13.8 Å². The summed E-state index contributed by atoms with van der Waals surface area (Å²) in [5, 5.41) is 0. The number of methoxy groups -OCH3 is 1. The molecule has 104 valence electrons. The summed E-state index contributed by atoms with van der Waals surface area (Å²) in [4.78, 5) is 11.1. The lowest BCUT2D eigenvalue weighted by Gasteiger charge is -2.13. The Kier molecular flexibility index (Phi) is 4.41. The first kappa shape index (κ1) is 14.1. The summed E-state index contributed by atoms with van der Waals surface area (Å²) in [6.45, 7) is 4.36. The molecule has 0 aliphatic heterocycles. The van der Waals surface area contributed by atoms with Crippen molar-refractivity contribution in [2.75, 3.05) is 7.11 Å². The van der Waals surface area contributed by atoms with Crippen LogP contribution in [0.5, 0.6) is 11.5 Å². The first-order valence-corrected chi connectivity index (χ1v) is 6.47. The number of hydrogen-bond donors (Lipinski definition) is 0. The second-order valence-corrected chi connectivity index (χ2v) is 4.69. The predicted molar refractivity (Wildman–Crippen MR) is 78.6 cm³/mol. The molecule has 0 atom stereocenters. The fraction of sp³-hybridized carbons (Fsp3) is 0.235. The van der Waals surface area contributed by atoms with E-state index in [0.29, 0.717) is 12.2 Å². The van der Waals surface area contributed by atoms with Crippen molar-refractivity contribution in [2.45, 2.75) is 20.5 Å². The number of aryl methyl sites for hydroxylation is 2. The first-order valence-electron chi connectivity index (χ1n) is 6.47. The smallest absolute Gasteiger partial charge is 0.150 e. The number of carbonyl (C=O) groups is 1. The second kappa shape index (κ2) is 6.24. The van der Waals surface area contributed by atoms with Gasteiger partial charge < -0.3 is 9.47 Å². The molecule has 0 aliphatic rings. The summed E-state index contributed by atoms with van der Waals surface area (Å²) >= 11 is 0.